The molecule has 0 radical (unpaired) electrons. The van der Waals surface area contributed by atoms with Crippen molar-refractivity contribution >= 4 is 11.6 Å². The Balaban J connectivity index is 2.15. The molecule has 0 saturated heterocycles. The van der Waals surface area contributed by atoms with Gasteiger partial charge in [-0.25, -0.2) is 0 Å². The molecule has 2 aliphatic carbocycles. The van der Waals surface area contributed by atoms with Gasteiger partial charge in [0.15, 0.2) is 5.78 Å². The van der Waals surface area contributed by atoms with Gasteiger partial charge in [0.1, 0.15) is 5.78 Å². The Morgan fingerprint density at radius 1 is 1.38 bits per heavy atom. The van der Waals surface area contributed by atoms with E-state index in [2.05, 4.69) is 0 Å². The zero-order chi connectivity index (χ0) is 11.3. The van der Waals surface area contributed by atoms with Crippen molar-refractivity contribution in [3.05, 3.63) is 47.5 Å². The van der Waals surface area contributed by atoms with Crippen molar-refractivity contribution in [1.29, 1.82) is 0 Å². The van der Waals surface area contributed by atoms with Gasteiger partial charge in [0, 0.05) is 16.9 Å². The van der Waals surface area contributed by atoms with Crippen molar-refractivity contribution in [3.63, 3.8) is 0 Å². The van der Waals surface area contributed by atoms with Gasteiger partial charge < -0.3 is 0 Å². The second-order valence-electron chi connectivity index (χ2n) is 4.65. The fraction of sp³-hybridized carbons (Fsp3) is 0.286. The Morgan fingerprint density at radius 3 is 2.81 bits per heavy atom. The molecular weight excluding hydrogens is 200 g/mol. The normalized spacial score (nSPS) is 30.3. The maximum atomic E-state index is 11.7. The summed E-state index contributed by atoms with van der Waals surface area (Å²) in [6.45, 7) is 1.63. The molecule has 0 aliphatic heterocycles. The molecule has 16 heavy (non-hydrogen) atoms. The largest absolute Gasteiger partial charge is 0.300 e. The Morgan fingerprint density at radius 2 is 2.12 bits per heavy atom. The van der Waals surface area contributed by atoms with E-state index in [0.29, 0.717) is 0 Å². The van der Waals surface area contributed by atoms with Crippen LogP contribution in [-0.4, -0.2) is 11.6 Å². The number of hydrogen-bond acceptors (Lipinski definition) is 2. The van der Waals surface area contributed by atoms with E-state index in [-0.39, 0.29) is 22.9 Å². The van der Waals surface area contributed by atoms with Crippen LogP contribution >= 0.6 is 0 Å². The third kappa shape index (κ3) is 1.07. The van der Waals surface area contributed by atoms with Crippen LogP contribution in [0, 0.1) is 5.92 Å². The summed E-state index contributed by atoms with van der Waals surface area (Å²) in [7, 11) is 0. The molecular formula is C14H12O2. The lowest BCUT2D eigenvalue weighted by atomic mass is 9.82. The van der Waals surface area contributed by atoms with Crippen molar-refractivity contribution in [2.24, 2.45) is 5.92 Å². The van der Waals surface area contributed by atoms with Crippen LogP contribution in [-0.2, 0) is 10.2 Å². The highest BCUT2D eigenvalue weighted by Gasteiger charge is 2.58. The van der Waals surface area contributed by atoms with Gasteiger partial charge in [-0.3, -0.25) is 9.59 Å². The second-order valence-corrected chi connectivity index (χ2v) is 4.65. The number of carbonyl (C=O) groups excluding carboxylic acids is 2. The zero-order valence-corrected chi connectivity index (χ0v) is 9.07. The molecule has 1 aromatic rings. The van der Waals surface area contributed by atoms with Crippen LogP contribution in [0.3, 0.4) is 0 Å². The molecule has 0 bridgehead atoms. The minimum Gasteiger partial charge on any atom is -0.300 e. The van der Waals surface area contributed by atoms with Crippen molar-refractivity contribution in [1.82, 2.24) is 0 Å². The lowest BCUT2D eigenvalue weighted by Crippen LogP contribution is -2.19. The predicted octanol–water partition coefficient (Wildman–Crippen LogP) is 2.29. The van der Waals surface area contributed by atoms with Crippen molar-refractivity contribution in [2.45, 2.75) is 18.8 Å². The number of hydrogen-bond donors (Lipinski definition) is 0. The highest BCUT2D eigenvalue weighted by atomic mass is 16.1. The molecule has 3 rings (SSSR count). The van der Waals surface area contributed by atoms with Gasteiger partial charge in [0.2, 0.25) is 0 Å². The molecule has 1 aromatic carbocycles. The summed E-state index contributed by atoms with van der Waals surface area (Å²) in [5, 5.41) is 0. The highest BCUT2D eigenvalue weighted by Crippen LogP contribution is 2.58. The number of Topliss-reactive ketones (excluding diaryl/α,β-unsaturated/α-hetero) is 1. The number of carbonyl (C=O) groups is 2. The molecule has 80 valence electrons. The van der Waals surface area contributed by atoms with E-state index in [1.165, 1.54) is 0 Å². The summed E-state index contributed by atoms with van der Waals surface area (Å²) in [5.74, 6) is 0.335. The van der Waals surface area contributed by atoms with Crippen molar-refractivity contribution in [3.8, 4) is 0 Å². The first-order valence-corrected chi connectivity index (χ1v) is 5.49. The first kappa shape index (κ1) is 9.52. The van der Waals surface area contributed by atoms with E-state index in [0.717, 1.165) is 17.5 Å². The molecule has 1 spiro atoms. The summed E-state index contributed by atoms with van der Waals surface area (Å²) in [5.41, 5.74) is 1.62. The number of rotatable bonds is 1. The van der Waals surface area contributed by atoms with Crippen LogP contribution in [0.25, 0.3) is 0 Å². The summed E-state index contributed by atoms with van der Waals surface area (Å²) < 4.78 is 0. The summed E-state index contributed by atoms with van der Waals surface area (Å²) in [4.78, 5) is 23.2. The molecule has 2 unspecified atom stereocenters. The Kier molecular flexibility index (Phi) is 1.73. The Hall–Kier alpha value is -1.70. The van der Waals surface area contributed by atoms with E-state index < -0.39 is 0 Å². The molecule has 0 amide bonds. The molecule has 1 fully saturated rings. The average molecular weight is 212 g/mol. The van der Waals surface area contributed by atoms with Crippen LogP contribution in [0.2, 0.25) is 0 Å². The fourth-order valence-electron chi connectivity index (χ4n) is 2.77. The standard InChI is InChI=1S/C14H12O2/c1-9(15)12-8-14(12)7-6-13(16)10-4-2-3-5-11(10)14/h2-7,12H,8H2,1H3. The zero-order valence-electron chi connectivity index (χ0n) is 9.07. The Bertz CT molecular complexity index is 527. The van der Waals surface area contributed by atoms with Crippen molar-refractivity contribution < 1.29 is 9.59 Å². The lowest BCUT2D eigenvalue weighted by molar-refractivity contribution is -0.118. The SMILES string of the molecule is CC(=O)C1CC12C=CC(=O)c1ccccc12. The molecule has 2 nitrogen and oxygen atoms in total. The van der Waals surface area contributed by atoms with E-state index in [1.54, 1.807) is 13.0 Å². The highest BCUT2D eigenvalue weighted by molar-refractivity contribution is 6.08. The number of ketones is 2. The monoisotopic (exact) mass is 212 g/mol. The van der Waals surface area contributed by atoms with Gasteiger partial charge in [-0.1, -0.05) is 30.3 Å². The fourth-order valence-corrected chi connectivity index (χ4v) is 2.77. The minimum atomic E-state index is -0.170. The molecule has 0 aromatic heterocycles. The van der Waals surface area contributed by atoms with E-state index in [9.17, 15) is 9.59 Å². The number of benzene rings is 1. The average Bonchev–Trinajstić information content (AvgIpc) is 3.01. The van der Waals surface area contributed by atoms with Crippen LogP contribution in [0.5, 0.6) is 0 Å². The summed E-state index contributed by atoms with van der Waals surface area (Å²) in [6.07, 6.45) is 4.39. The van der Waals surface area contributed by atoms with Gasteiger partial charge in [-0.2, -0.15) is 0 Å². The van der Waals surface area contributed by atoms with Crippen LogP contribution in [0.15, 0.2) is 36.4 Å². The molecule has 2 heteroatoms. The number of fused-ring (bicyclic) bond motifs is 2. The molecule has 2 atom stereocenters. The van der Waals surface area contributed by atoms with E-state index in [1.807, 2.05) is 30.3 Å². The van der Waals surface area contributed by atoms with Gasteiger partial charge >= 0.3 is 0 Å². The van der Waals surface area contributed by atoms with Gasteiger partial charge in [0.05, 0.1) is 0 Å². The molecule has 1 saturated carbocycles. The second kappa shape index (κ2) is 2.91. The number of allylic oxidation sites excluding steroid dienone is 2. The molecule has 2 aliphatic rings. The lowest BCUT2D eigenvalue weighted by Gasteiger charge is -2.20. The quantitative estimate of drug-likeness (QED) is 0.715. The van der Waals surface area contributed by atoms with Crippen molar-refractivity contribution in [2.75, 3.05) is 0 Å². The minimum absolute atomic E-state index is 0.0513. The maximum Gasteiger partial charge on any atom is 0.185 e. The smallest absolute Gasteiger partial charge is 0.185 e. The van der Waals surface area contributed by atoms with E-state index in [4.69, 9.17) is 0 Å². The van der Waals surface area contributed by atoms with Gasteiger partial charge in [-0.15, -0.1) is 0 Å². The maximum absolute atomic E-state index is 11.7. The predicted molar refractivity (Wildman–Crippen MR) is 60.4 cm³/mol. The molecule has 0 heterocycles. The first-order chi connectivity index (χ1) is 7.65. The van der Waals surface area contributed by atoms with Crippen LogP contribution < -0.4 is 0 Å². The summed E-state index contributed by atoms with van der Waals surface area (Å²) >= 11 is 0. The van der Waals surface area contributed by atoms with Gasteiger partial charge in [-0.05, 0) is 25.0 Å². The van der Waals surface area contributed by atoms with E-state index >= 15 is 0 Å². The third-order valence-electron chi connectivity index (χ3n) is 3.72. The van der Waals surface area contributed by atoms with Crippen LogP contribution in [0.1, 0.15) is 29.3 Å². The summed E-state index contributed by atoms with van der Waals surface area (Å²) in [6, 6.07) is 7.62. The first-order valence-electron chi connectivity index (χ1n) is 5.49. The molecule has 0 N–H and O–H groups in total. The van der Waals surface area contributed by atoms with Crippen LogP contribution in [0.4, 0.5) is 0 Å². The Labute approximate surface area is 94.0 Å². The topological polar surface area (TPSA) is 34.1 Å². The third-order valence-corrected chi connectivity index (χ3v) is 3.72. The van der Waals surface area contributed by atoms with Gasteiger partial charge in [0.25, 0.3) is 0 Å².